The van der Waals surface area contributed by atoms with E-state index in [0.717, 1.165) is 11.5 Å². The highest BCUT2D eigenvalue weighted by Gasteiger charge is 2.57. The number of fused-ring (bicyclic) bond motifs is 2. The third kappa shape index (κ3) is 3.08. The molecular weight excluding hydrogens is 412 g/mol. The summed E-state index contributed by atoms with van der Waals surface area (Å²) in [5.74, 6) is 0.720. The Morgan fingerprint density at radius 3 is 2.48 bits per heavy atom. The van der Waals surface area contributed by atoms with Crippen molar-refractivity contribution in [3.8, 4) is 0 Å². The lowest BCUT2D eigenvalue weighted by molar-refractivity contribution is -0.559. The van der Waals surface area contributed by atoms with Crippen molar-refractivity contribution in [3.05, 3.63) is 59.7 Å². The van der Waals surface area contributed by atoms with Crippen LogP contribution < -0.4 is 17.0 Å². The van der Waals surface area contributed by atoms with Gasteiger partial charge in [0.05, 0.1) is 11.9 Å². The highest BCUT2D eigenvalue weighted by molar-refractivity contribution is 6.20. The predicted molar refractivity (Wildman–Crippen MR) is 93.1 cm³/mol. The van der Waals surface area contributed by atoms with Crippen molar-refractivity contribution < 1.29 is 35.9 Å². The lowest BCUT2D eigenvalue weighted by Crippen LogP contribution is -3.00. The van der Waals surface area contributed by atoms with Gasteiger partial charge in [-0.05, 0) is 0 Å². The van der Waals surface area contributed by atoms with Crippen LogP contribution in [0.3, 0.4) is 0 Å². The second-order valence-corrected chi connectivity index (χ2v) is 6.42. The number of aromatic nitrogens is 2. The summed E-state index contributed by atoms with van der Waals surface area (Å²) in [7, 11) is 1.58. The van der Waals surface area contributed by atoms with Gasteiger partial charge in [0.1, 0.15) is 6.54 Å². The van der Waals surface area contributed by atoms with Crippen LogP contribution in [-0.2, 0) is 11.3 Å². The standard InChI is InChI=1S/C19H19N4O3.BrH/c1-12-22(10-13-9-20-7-8-21-13)16-17(23(12)11-26-2)19(25)15-6-4-3-5-14(15)18(16)24;/h3-9,16-17H,10-11H2,1-2H3;1H/q+1;/p-1. The third-order valence-electron chi connectivity index (χ3n) is 5.01. The molecule has 0 bridgehead atoms. The molecule has 1 aromatic heterocycles. The minimum Gasteiger partial charge on any atom is -1.00 e. The Morgan fingerprint density at radius 1 is 1.15 bits per heavy atom. The molecule has 2 heterocycles. The smallest absolute Gasteiger partial charge is 0.247 e. The van der Waals surface area contributed by atoms with E-state index in [1.807, 2.05) is 16.4 Å². The molecule has 2 aliphatic rings. The first-order chi connectivity index (χ1) is 12.6. The molecule has 4 rings (SSSR count). The van der Waals surface area contributed by atoms with E-state index in [2.05, 4.69) is 9.97 Å². The molecule has 0 amide bonds. The number of carbonyl (C=O) groups is 2. The van der Waals surface area contributed by atoms with Gasteiger partial charge >= 0.3 is 0 Å². The largest absolute Gasteiger partial charge is 1.00 e. The number of rotatable bonds is 4. The van der Waals surface area contributed by atoms with E-state index >= 15 is 0 Å². The maximum atomic E-state index is 13.2. The number of methoxy groups -OCH3 is 1. The Bertz CT molecular complexity index is 916. The SMILES string of the molecule is COCN1C(C)=[N+](Cc2cnccn2)C2C(=O)c3ccccc3C(=O)C21.[Br-]. The lowest BCUT2D eigenvalue weighted by atomic mass is 9.82. The van der Waals surface area contributed by atoms with Gasteiger partial charge in [-0.25, -0.2) is 9.48 Å². The molecule has 0 fully saturated rings. The second-order valence-electron chi connectivity index (χ2n) is 6.42. The second kappa shape index (κ2) is 7.66. The van der Waals surface area contributed by atoms with E-state index < -0.39 is 12.1 Å². The molecule has 1 aliphatic carbocycles. The number of amidine groups is 1. The summed E-state index contributed by atoms with van der Waals surface area (Å²) >= 11 is 0. The molecular formula is C19H19BrN4O3. The van der Waals surface area contributed by atoms with Gasteiger partial charge in [0, 0.05) is 37.6 Å². The maximum Gasteiger partial charge on any atom is 0.247 e. The van der Waals surface area contributed by atoms with E-state index in [1.54, 1.807) is 50.0 Å². The summed E-state index contributed by atoms with van der Waals surface area (Å²) in [5.41, 5.74) is 1.70. The first-order valence-electron chi connectivity index (χ1n) is 8.41. The molecule has 0 spiro atoms. The van der Waals surface area contributed by atoms with Crippen LogP contribution in [0.2, 0.25) is 0 Å². The van der Waals surface area contributed by atoms with Crippen molar-refractivity contribution in [1.29, 1.82) is 0 Å². The van der Waals surface area contributed by atoms with Gasteiger partial charge in [-0.15, -0.1) is 0 Å². The average molecular weight is 431 g/mol. The molecule has 27 heavy (non-hydrogen) atoms. The summed E-state index contributed by atoms with van der Waals surface area (Å²) in [5, 5.41) is 0. The van der Waals surface area contributed by atoms with Gasteiger partial charge in [0.2, 0.25) is 29.5 Å². The van der Waals surface area contributed by atoms with Gasteiger partial charge in [0.25, 0.3) is 0 Å². The first kappa shape index (κ1) is 19.3. The average Bonchev–Trinajstić information content (AvgIpc) is 2.94. The molecule has 0 saturated carbocycles. The predicted octanol–water partition coefficient (Wildman–Crippen LogP) is -1.85. The number of nitrogens with zero attached hydrogens (tertiary/aromatic N) is 4. The van der Waals surface area contributed by atoms with Crippen molar-refractivity contribution in [2.75, 3.05) is 13.8 Å². The van der Waals surface area contributed by atoms with Gasteiger partial charge in [-0.1, -0.05) is 24.3 Å². The summed E-state index contributed by atoms with van der Waals surface area (Å²) in [6, 6.07) is 5.84. The molecule has 2 atom stereocenters. The van der Waals surface area contributed by atoms with Crippen LogP contribution in [0.4, 0.5) is 0 Å². The molecule has 0 saturated heterocycles. The Morgan fingerprint density at radius 2 is 1.85 bits per heavy atom. The fraction of sp³-hybridized carbons (Fsp3) is 0.316. The zero-order chi connectivity index (χ0) is 18.3. The fourth-order valence-electron chi connectivity index (χ4n) is 3.82. The van der Waals surface area contributed by atoms with E-state index in [9.17, 15) is 9.59 Å². The van der Waals surface area contributed by atoms with Crippen molar-refractivity contribution in [3.63, 3.8) is 0 Å². The summed E-state index contributed by atoms with van der Waals surface area (Å²) in [4.78, 5) is 36.6. The number of ether oxygens (including phenoxy) is 1. The number of Topliss-reactive ketones (excluding diaryl/α,β-unsaturated/α-hetero) is 2. The van der Waals surface area contributed by atoms with E-state index in [-0.39, 0.29) is 35.3 Å². The molecule has 1 aromatic carbocycles. The molecule has 0 N–H and O–H groups in total. The van der Waals surface area contributed by atoms with Crippen molar-refractivity contribution in [1.82, 2.24) is 14.9 Å². The minimum absolute atomic E-state index is 0. The van der Waals surface area contributed by atoms with Crippen LogP contribution in [0.25, 0.3) is 0 Å². The Hall–Kier alpha value is -2.45. The third-order valence-corrected chi connectivity index (χ3v) is 5.01. The fourth-order valence-corrected chi connectivity index (χ4v) is 3.82. The van der Waals surface area contributed by atoms with Crippen LogP contribution in [-0.4, -0.2) is 62.8 Å². The Balaban J connectivity index is 0.00000210. The molecule has 2 aromatic rings. The van der Waals surface area contributed by atoms with Crippen LogP contribution in [0.15, 0.2) is 42.9 Å². The van der Waals surface area contributed by atoms with Gasteiger partial charge < -0.3 is 21.7 Å². The normalized spacial score (nSPS) is 21.0. The van der Waals surface area contributed by atoms with Crippen LogP contribution in [0, 0.1) is 0 Å². The molecule has 1 aliphatic heterocycles. The van der Waals surface area contributed by atoms with Gasteiger partial charge in [-0.2, -0.15) is 0 Å². The van der Waals surface area contributed by atoms with Crippen molar-refractivity contribution in [2.45, 2.75) is 25.6 Å². The lowest BCUT2D eigenvalue weighted by Gasteiger charge is -2.26. The Labute approximate surface area is 167 Å². The van der Waals surface area contributed by atoms with Crippen LogP contribution in [0.1, 0.15) is 33.3 Å². The monoisotopic (exact) mass is 430 g/mol. The van der Waals surface area contributed by atoms with Crippen LogP contribution >= 0.6 is 0 Å². The molecule has 2 unspecified atom stereocenters. The molecule has 0 radical (unpaired) electrons. The zero-order valence-electron chi connectivity index (χ0n) is 15.0. The van der Waals surface area contributed by atoms with E-state index in [1.165, 1.54) is 0 Å². The first-order valence-corrected chi connectivity index (χ1v) is 8.41. The molecule has 7 nitrogen and oxygen atoms in total. The summed E-state index contributed by atoms with van der Waals surface area (Å²) in [6.07, 6.45) is 4.90. The zero-order valence-corrected chi connectivity index (χ0v) is 16.6. The number of halogens is 1. The highest BCUT2D eigenvalue weighted by atomic mass is 79.9. The molecule has 140 valence electrons. The highest BCUT2D eigenvalue weighted by Crippen LogP contribution is 2.31. The summed E-state index contributed by atoms with van der Waals surface area (Å²) in [6.45, 7) is 2.55. The molecule has 8 heteroatoms. The number of carbonyl (C=O) groups excluding carboxylic acids is 2. The number of hydrogen-bond acceptors (Lipinski definition) is 6. The number of benzene rings is 1. The van der Waals surface area contributed by atoms with Gasteiger partial charge in [0.15, 0.2) is 6.73 Å². The van der Waals surface area contributed by atoms with Gasteiger partial charge in [-0.3, -0.25) is 19.6 Å². The van der Waals surface area contributed by atoms with Crippen LogP contribution in [0.5, 0.6) is 0 Å². The minimum atomic E-state index is -0.589. The number of ketones is 2. The van der Waals surface area contributed by atoms with E-state index in [0.29, 0.717) is 17.7 Å². The quantitative estimate of drug-likeness (QED) is 0.530. The van der Waals surface area contributed by atoms with Crippen molar-refractivity contribution >= 4 is 17.4 Å². The van der Waals surface area contributed by atoms with Crippen molar-refractivity contribution in [2.24, 2.45) is 0 Å². The topological polar surface area (TPSA) is 75.4 Å². The Kier molecular flexibility index (Phi) is 5.48. The maximum absolute atomic E-state index is 13.2. The summed E-state index contributed by atoms with van der Waals surface area (Å²) < 4.78 is 7.24. The van der Waals surface area contributed by atoms with E-state index in [4.69, 9.17) is 4.74 Å². The number of hydrogen-bond donors (Lipinski definition) is 0.